The van der Waals surface area contributed by atoms with Crippen LogP contribution in [0, 0.1) is 0 Å². The Balaban J connectivity index is 2.82. The highest BCUT2D eigenvalue weighted by Gasteiger charge is 1.89. The van der Waals surface area contributed by atoms with Crippen LogP contribution in [0.5, 0.6) is 0 Å². The predicted molar refractivity (Wildman–Crippen MR) is 24.0 cm³/mol. The number of hydrogen-bond donors (Lipinski definition) is 1. The molecule has 0 rings (SSSR count). The molecule has 3 heteroatoms. The van der Waals surface area contributed by atoms with Crippen molar-refractivity contribution in [2.24, 2.45) is 5.73 Å². The molecule has 0 heterocycles. The van der Waals surface area contributed by atoms with E-state index >= 15 is 0 Å². The number of amides is 1. The number of carbonyl (C=O) groups excluding carboxylic acids is 1. The second-order valence-electron chi connectivity index (χ2n) is 1.27. The summed E-state index contributed by atoms with van der Waals surface area (Å²) in [5.41, 5.74) is 4.70. The monoisotopic (exact) mass is 102 g/mol. The number of carbonyl (C=O) groups is 1. The molecule has 0 aliphatic heterocycles. The van der Waals surface area contributed by atoms with E-state index in [9.17, 15) is 9.90 Å². The molecule has 0 atom stereocenters. The van der Waals surface area contributed by atoms with Gasteiger partial charge in [0.2, 0.25) is 5.91 Å². The molecular weight excluding hydrogens is 94.0 g/mol. The number of rotatable bonds is 3. The van der Waals surface area contributed by atoms with Gasteiger partial charge in [-0.15, -0.1) is 0 Å². The first-order valence-corrected chi connectivity index (χ1v) is 2.14. The Morgan fingerprint density at radius 1 is 1.57 bits per heavy atom. The molecule has 0 saturated carbocycles. The normalized spacial score (nSPS) is 8.71. The van der Waals surface area contributed by atoms with Gasteiger partial charge >= 0.3 is 0 Å². The molecule has 0 bridgehead atoms. The summed E-state index contributed by atoms with van der Waals surface area (Å²) in [6, 6.07) is 0. The fourth-order valence-electron chi connectivity index (χ4n) is 0.246. The maximum Gasteiger partial charge on any atom is 0.217 e. The van der Waals surface area contributed by atoms with Crippen molar-refractivity contribution in [2.45, 2.75) is 12.8 Å². The van der Waals surface area contributed by atoms with Crippen LogP contribution in [0.15, 0.2) is 0 Å². The van der Waals surface area contributed by atoms with Crippen molar-refractivity contribution < 1.29 is 9.90 Å². The minimum absolute atomic E-state index is 0.205. The number of nitrogens with two attached hydrogens (primary N) is 1. The summed E-state index contributed by atoms with van der Waals surface area (Å²) in [6.07, 6.45) is 0.596. The highest BCUT2D eigenvalue weighted by molar-refractivity contribution is 5.73. The highest BCUT2D eigenvalue weighted by Crippen LogP contribution is 1.82. The molecule has 0 aliphatic rings. The van der Waals surface area contributed by atoms with Crippen LogP contribution in [0.25, 0.3) is 0 Å². The predicted octanol–water partition coefficient (Wildman–Crippen LogP) is -0.318. The Labute approximate surface area is 42.1 Å². The van der Waals surface area contributed by atoms with Gasteiger partial charge in [0.1, 0.15) is 0 Å². The van der Waals surface area contributed by atoms with Crippen molar-refractivity contribution in [3.05, 3.63) is 0 Å². The molecule has 3 nitrogen and oxygen atoms in total. The van der Waals surface area contributed by atoms with Crippen LogP contribution in [0.2, 0.25) is 0 Å². The van der Waals surface area contributed by atoms with Gasteiger partial charge in [0.15, 0.2) is 0 Å². The average Bonchev–Trinajstić information content (AvgIpc) is 1.61. The van der Waals surface area contributed by atoms with Gasteiger partial charge in [0.25, 0.3) is 0 Å². The van der Waals surface area contributed by atoms with E-state index in [4.69, 9.17) is 5.73 Å². The van der Waals surface area contributed by atoms with E-state index in [2.05, 4.69) is 0 Å². The van der Waals surface area contributed by atoms with Gasteiger partial charge in [0.05, 0.1) is 6.61 Å². The molecule has 7 heavy (non-hydrogen) atoms. The van der Waals surface area contributed by atoms with Crippen molar-refractivity contribution in [1.29, 1.82) is 0 Å². The highest BCUT2D eigenvalue weighted by atomic mass is 16.3. The van der Waals surface area contributed by atoms with Crippen molar-refractivity contribution in [3.63, 3.8) is 0 Å². The molecule has 0 saturated heterocycles. The number of primary amides is 1. The SMILES string of the molecule is NC(=O)CCC[O]. The van der Waals surface area contributed by atoms with E-state index in [1.165, 1.54) is 0 Å². The Bertz CT molecular complexity index is 62.7. The summed E-state index contributed by atoms with van der Waals surface area (Å²) in [6.45, 7) is -0.205. The Hall–Kier alpha value is -0.570. The third-order valence-corrected chi connectivity index (χ3v) is 0.568. The van der Waals surface area contributed by atoms with E-state index in [0.29, 0.717) is 6.42 Å². The molecule has 0 aromatic heterocycles. The summed E-state index contributed by atoms with van der Waals surface area (Å²) in [5, 5.41) is 9.63. The van der Waals surface area contributed by atoms with Crippen LogP contribution in [0.1, 0.15) is 12.8 Å². The third kappa shape index (κ3) is 5.43. The van der Waals surface area contributed by atoms with Crippen molar-refractivity contribution in [3.8, 4) is 0 Å². The quantitative estimate of drug-likeness (QED) is 0.521. The van der Waals surface area contributed by atoms with E-state index in [-0.39, 0.29) is 13.0 Å². The lowest BCUT2D eigenvalue weighted by Crippen LogP contribution is -2.10. The summed E-state index contributed by atoms with van der Waals surface area (Å²) >= 11 is 0. The molecule has 1 radical (unpaired) electrons. The molecule has 2 N–H and O–H groups in total. The van der Waals surface area contributed by atoms with Gasteiger partial charge in [-0.05, 0) is 6.42 Å². The van der Waals surface area contributed by atoms with E-state index < -0.39 is 5.91 Å². The van der Waals surface area contributed by atoms with E-state index in [0.717, 1.165) is 0 Å². The van der Waals surface area contributed by atoms with E-state index in [1.807, 2.05) is 0 Å². The fraction of sp³-hybridized carbons (Fsp3) is 0.750. The fourth-order valence-corrected chi connectivity index (χ4v) is 0.246. The van der Waals surface area contributed by atoms with Crippen LogP contribution >= 0.6 is 0 Å². The maximum absolute atomic E-state index is 9.84. The summed E-state index contributed by atoms with van der Waals surface area (Å²) in [7, 11) is 0. The molecule has 0 spiro atoms. The summed E-state index contributed by atoms with van der Waals surface area (Å²) in [4.78, 5) is 9.84. The van der Waals surface area contributed by atoms with Crippen LogP contribution in [-0.2, 0) is 9.90 Å². The Morgan fingerprint density at radius 2 is 2.14 bits per heavy atom. The lowest BCUT2D eigenvalue weighted by atomic mass is 10.3. The standard InChI is InChI=1S/C4H8NO2/c5-4(7)2-1-3-6/h1-3H2,(H2,5,7). The maximum atomic E-state index is 9.84. The van der Waals surface area contributed by atoms with Crippen LogP contribution < -0.4 is 5.73 Å². The van der Waals surface area contributed by atoms with Crippen LogP contribution in [0.4, 0.5) is 0 Å². The molecular formula is C4H8NO2. The van der Waals surface area contributed by atoms with Gasteiger partial charge in [-0.25, -0.2) is 5.11 Å². The average molecular weight is 102 g/mol. The van der Waals surface area contributed by atoms with Gasteiger partial charge in [-0.3, -0.25) is 4.79 Å². The van der Waals surface area contributed by atoms with Crippen molar-refractivity contribution in [1.82, 2.24) is 0 Å². The summed E-state index contributed by atoms with van der Waals surface area (Å²) < 4.78 is 0. The van der Waals surface area contributed by atoms with Gasteiger partial charge in [-0.2, -0.15) is 0 Å². The summed E-state index contributed by atoms with van der Waals surface area (Å²) in [5.74, 6) is -0.393. The molecule has 0 fully saturated rings. The smallest absolute Gasteiger partial charge is 0.217 e. The molecule has 0 unspecified atom stereocenters. The van der Waals surface area contributed by atoms with Gasteiger partial charge in [-0.1, -0.05) is 0 Å². The van der Waals surface area contributed by atoms with E-state index in [1.54, 1.807) is 0 Å². The first-order chi connectivity index (χ1) is 3.27. The van der Waals surface area contributed by atoms with Crippen molar-refractivity contribution >= 4 is 5.91 Å². The molecule has 0 aliphatic carbocycles. The second kappa shape index (κ2) is 3.61. The zero-order valence-corrected chi connectivity index (χ0v) is 4.02. The first kappa shape index (κ1) is 6.43. The van der Waals surface area contributed by atoms with Gasteiger partial charge in [0, 0.05) is 6.42 Å². The van der Waals surface area contributed by atoms with Crippen LogP contribution in [-0.4, -0.2) is 12.5 Å². The zero-order chi connectivity index (χ0) is 5.70. The Kier molecular flexibility index (Phi) is 3.32. The molecule has 0 aromatic carbocycles. The first-order valence-electron chi connectivity index (χ1n) is 2.14. The van der Waals surface area contributed by atoms with Crippen molar-refractivity contribution in [2.75, 3.05) is 6.61 Å². The topological polar surface area (TPSA) is 63.0 Å². The van der Waals surface area contributed by atoms with Crippen LogP contribution in [0.3, 0.4) is 0 Å². The lowest BCUT2D eigenvalue weighted by Gasteiger charge is -1.85. The molecule has 1 amide bonds. The Morgan fingerprint density at radius 3 is 2.29 bits per heavy atom. The zero-order valence-electron chi connectivity index (χ0n) is 4.02. The largest absolute Gasteiger partial charge is 0.370 e. The molecule has 0 aromatic rings. The number of hydrogen-bond acceptors (Lipinski definition) is 1. The minimum atomic E-state index is -0.393. The molecule has 41 valence electrons. The third-order valence-electron chi connectivity index (χ3n) is 0.568. The second-order valence-corrected chi connectivity index (χ2v) is 1.27. The minimum Gasteiger partial charge on any atom is -0.370 e. The lowest BCUT2D eigenvalue weighted by molar-refractivity contribution is -0.118. The van der Waals surface area contributed by atoms with Gasteiger partial charge < -0.3 is 5.73 Å².